The van der Waals surface area contributed by atoms with Crippen LogP contribution in [0.4, 0.5) is 10.5 Å². The lowest BCUT2D eigenvalue weighted by Gasteiger charge is -2.13. The molecule has 0 radical (unpaired) electrons. The minimum Gasteiger partial charge on any atom is -0.492 e. The second-order valence-corrected chi connectivity index (χ2v) is 9.34. The summed E-state index contributed by atoms with van der Waals surface area (Å²) in [5.41, 5.74) is 2.48. The van der Waals surface area contributed by atoms with Gasteiger partial charge in [0.25, 0.3) is 17.1 Å². The number of ether oxygens (including phenoxy) is 2. The molecule has 3 aromatic rings. The summed E-state index contributed by atoms with van der Waals surface area (Å²) < 4.78 is 11.2. The average molecular weight is 523 g/mol. The molecule has 0 aromatic heterocycles. The number of nitrogens with zero attached hydrogens (tertiary/aromatic N) is 1. The molecule has 1 aliphatic rings. The number of carbonyl (C=O) groups is 3. The van der Waals surface area contributed by atoms with Crippen molar-refractivity contribution in [3.8, 4) is 11.5 Å². The van der Waals surface area contributed by atoms with Gasteiger partial charge < -0.3 is 14.8 Å². The van der Waals surface area contributed by atoms with Gasteiger partial charge in [-0.15, -0.1) is 0 Å². The Morgan fingerprint density at radius 1 is 0.944 bits per heavy atom. The number of amides is 3. The molecule has 0 atom stereocenters. The fourth-order valence-electron chi connectivity index (χ4n) is 3.27. The maximum absolute atomic E-state index is 12.7. The molecular formula is C27H23ClN2O5S. The topological polar surface area (TPSA) is 84.9 Å². The van der Waals surface area contributed by atoms with Crippen molar-refractivity contribution in [1.82, 2.24) is 4.90 Å². The molecule has 1 N–H and O–H groups in total. The second kappa shape index (κ2) is 11.8. The summed E-state index contributed by atoms with van der Waals surface area (Å²) in [6.45, 7) is 2.21. The van der Waals surface area contributed by atoms with Gasteiger partial charge in [-0.05, 0) is 78.9 Å². The molecule has 1 saturated heterocycles. The number of benzene rings is 3. The van der Waals surface area contributed by atoms with Gasteiger partial charge in [-0.3, -0.25) is 19.3 Å². The first kappa shape index (κ1) is 25.3. The Bertz CT molecular complexity index is 1280. The standard InChI is InChI=1S/C27H23ClN2O5S/c1-18-2-10-22(11-3-18)34-15-14-30-26(32)24(36-27(30)33)16-19-4-12-23(13-5-19)35-17-25(31)29-21-8-6-20(28)7-9-21/h2-13,16H,14-15,17H2,1H3,(H,29,31)/b24-16-. The normalized spacial score (nSPS) is 14.3. The smallest absolute Gasteiger partial charge is 0.293 e. The van der Waals surface area contributed by atoms with E-state index in [0.29, 0.717) is 27.1 Å². The third kappa shape index (κ3) is 6.90. The van der Waals surface area contributed by atoms with Crippen LogP contribution in [0.2, 0.25) is 5.02 Å². The summed E-state index contributed by atoms with van der Waals surface area (Å²) in [6, 6.07) is 21.2. The van der Waals surface area contributed by atoms with E-state index in [4.69, 9.17) is 21.1 Å². The van der Waals surface area contributed by atoms with Crippen LogP contribution in [0.5, 0.6) is 11.5 Å². The highest BCUT2D eigenvalue weighted by atomic mass is 35.5. The van der Waals surface area contributed by atoms with E-state index in [0.717, 1.165) is 22.9 Å². The highest BCUT2D eigenvalue weighted by molar-refractivity contribution is 8.18. The Morgan fingerprint density at radius 2 is 1.58 bits per heavy atom. The minimum absolute atomic E-state index is 0.161. The van der Waals surface area contributed by atoms with Crippen LogP contribution in [0, 0.1) is 6.92 Å². The molecular weight excluding hydrogens is 500 g/mol. The van der Waals surface area contributed by atoms with Gasteiger partial charge in [0.05, 0.1) is 11.4 Å². The zero-order valence-electron chi connectivity index (χ0n) is 19.4. The third-order valence-electron chi connectivity index (χ3n) is 5.15. The first-order valence-corrected chi connectivity index (χ1v) is 12.3. The lowest BCUT2D eigenvalue weighted by molar-refractivity contribution is -0.123. The molecule has 3 aromatic carbocycles. The van der Waals surface area contributed by atoms with Gasteiger partial charge in [0, 0.05) is 10.7 Å². The number of thioether (sulfide) groups is 1. The Morgan fingerprint density at radius 3 is 2.28 bits per heavy atom. The predicted molar refractivity (Wildman–Crippen MR) is 141 cm³/mol. The third-order valence-corrected chi connectivity index (χ3v) is 6.31. The van der Waals surface area contributed by atoms with E-state index < -0.39 is 0 Å². The predicted octanol–water partition coefficient (Wildman–Crippen LogP) is 5.78. The molecule has 1 fully saturated rings. The van der Waals surface area contributed by atoms with Crippen molar-refractivity contribution >= 4 is 52.2 Å². The first-order valence-electron chi connectivity index (χ1n) is 11.1. The van der Waals surface area contributed by atoms with Crippen LogP contribution in [-0.4, -0.2) is 41.7 Å². The van der Waals surface area contributed by atoms with Crippen molar-refractivity contribution in [2.45, 2.75) is 6.92 Å². The largest absolute Gasteiger partial charge is 0.492 e. The monoisotopic (exact) mass is 522 g/mol. The molecule has 184 valence electrons. The molecule has 36 heavy (non-hydrogen) atoms. The Kier molecular flexibility index (Phi) is 8.30. The molecule has 7 nitrogen and oxygen atoms in total. The summed E-state index contributed by atoms with van der Waals surface area (Å²) in [4.78, 5) is 38.6. The molecule has 3 amide bonds. The van der Waals surface area contributed by atoms with Gasteiger partial charge in [-0.25, -0.2) is 0 Å². The van der Waals surface area contributed by atoms with Crippen LogP contribution < -0.4 is 14.8 Å². The van der Waals surface area contributed by atoms with Crippen LogP contribution in [0.25, 0.3) is 6.08 Å². The van der Waals surface area contributed by atoms with E-state index in [2.05, 4.69) is 5.32 Å². The zero-order valence-corrected chi connectivity index (χ0v) is 21.0. The van der Waals surface area contributed by atoms with Gasteiger partial charge >= 0.3 is 0 Å². The summed E-state index contributed by atoms with van der Waals surface area (Å²) in [6.07, 6.45) is 1.66. The van der Waals surface area contributed by atoms with E-state index >= 15 is 0 Å². The molecule has 9 heteroatoms. The van der Waals surface area contributed by atoms with E-state index in [1.165, 1.54) is 4.90 Å². The van der Waals surface area contributed by atoms with Crippen molar-refractivity contribution in [2.24, 2.45) is 0 Å². The van der Waals surface area contributed by atoms with Crippen molar-refractivity contribution < 1.29 is 23.9 Å². The number of rotatable bonds is 9. The van der Waals surface area contributed by atoms with E-state index in [-0.39, 0.29) is 36.8 Å². The van der Waals surface area contributed by atoms with Gasteiger partial charge in [-0.1, -0.05) is 41.4 Å². The number of hydrogen-bond donors (Lipinski definition) is 1. The number of nitrogens with one attached hydrogen (secondary N) is 1. The van der Waals surface area contributed by atoms with Crippen LogP contribution >= 0.6 is 23.4 Å². The van der Waals surface area contributed by atoms with Crippen molar-refractivity contribution in [3.05, 3.63) is 93.9 Å². The number of halogens is 1. The fourth-order valence-corrected chi connectivity index (χ4v) is 4.26. The number of aryl methyl sites for hydroxylation is 1. The number of imide groups is 1. The maximum Gasteiger partial charge on any atom is 0.293 e. The zero-order chi connectivity index (χ0) is 25.5. The average Bonchev–Trinajstić information content (AvgIpc) is 3.13. The number of anilines is 1. The fraction of sp³-hybridized carbons (Fsp3) is 0.148. The van der Waals surface area contributed by atoms with Crippen LogP contribution in [0.1, 0.15) is 11.1 Å². The number of hydrogen-bond acceptors (Lipinski definition) is 6. The molecule has 0 saturated carbocycles. The highest BCUT2D eigenvalue weighted by Gasteiger charge is 2.34. The van der Waals surface area contributed by atoms with Gasteiger partial charge in [-0.2, -0.15) is 0 Å². The molecule has 1 aliphatic heterocycles. The van der Waals surface area contributed by atoms with Crippen molar-refractivity contribution in [1.29, 1.82) is 0 Å². The van der Waals surface area contributed by atoms with Gasteiger partial charge in [0.2, 0.25) is 0 Å². The Labute approximate surface area is 218 Å². The van der Waals surface area contributed by atoms with Gasteiger partial charge in [0.1, 0.15) is 18.1 Å². The van der Waals surface area contributed by atoms with Crippen LogP contribution in [-0.2, 0) is 9.59 Å². The highest BCUT2D eigenvalue weighted by Crippen LogP contribution is 2.32. The van der Waals surface area contributed by atoms with E-state index in [1.807, 2.05) is 31.2 Å². The SMILES string of the molecule is Cc1ccc(OCCN2C(=O)S/C(=C\c3ccc(OCC(=O)Nc4ccc(Cl)cc4)cc3)C2=O)cc1. The van der Waals surface area contributed by atoms with Gasteiger partial charge in [0.15, 0.2) is 6.61 Å². The second-order valence-electron chi connectivity index (χ2n) is 7.91. The van der Waals surface area contributed by atoms with Crippen LogP contribution in [0.15, 0.2) is 77.7 Å². The first-order chi connectivity index (χ1) is 17.4. The van der Waals surface area contributed by atoms with E-state index in [9.17, 15) is 14.4 Å². The van der Waals surface area contributed by atoms with Crippen molar-refractivity contribution in [3.63, 3.8) is 0 Å². The molecule has 0 unspecified atom stereocenters. The quantitative estimate of drug-likeness (QED) is 0.358. The van der Waals surface area contributed by atoms with E-state index in [1.54, 1.807) is 54.6 Å². The minimum atomic E-state index is -0.350. The lowest BCUT2D eigenvalue weighted by Crippen LogP contribution is -2.32. The number of carbonyl (C=O) groups excluding carboxylic acids is 3. The molecule has 0 spiro atoms. The summed E-state index contributed by atoms with van der Waals surface area (Å²) in [7, 11) is 0. The van der Waals surface area contributed by atoms with Crippen molar-refractivity contribution in [2.75, 3.05) is 25.1 Å². The molecule has 0 bridgehead atoms. The summed E-state index contributed by atoms with van der Waals surface area (Å²) in [5.74, 6) is 0.533. The molecule has 1 heterocycles. The maximum atomic E-state index is 12.7. The Hall–Kier alpha value is -3.75. The Balaban J connectivity index is 1.27. The van der Waals surface area contributed by atoms with Crippen LogP contribution in [0.3, 0.4) is 0 Å². The lowest BCUT2D eigenvalue weighted by atomic mass is 10.2. The summed E-state index contributed by atoms with van der Waals surface area (Å²) in [5, 5.41) is 2.98. The summed E-state index contributed by atoms with van der Waals surface area (Å²) >= 11 is 6.73. The molecule has 4 rings (SSSR count). The molecule has 0 aliphatic carbocycles.